The van der Waals surface area contributed by atoms with E-state index in [0.29, 0.717) is 5.56 Å². The number of carbonyl (C=O) groups excluding carboxylic acids is 6. The molecular weight excluding hydrogens is 2010 g/mol. The molecule has 10 aromatic carbocycles. The summed E-state index contributed by atoms with van der Waals surface area (Å²) in [7, 11) is -31.7. The van der Waals surface area contributed by atoms with E-state index in [9.17, 15) is 98.4 Å². The lowest BCUT2D eigenvalue weighted by Crippen LogP contribution is -2.29. The van der Waals surface area contributed by atoms with Gasteiger partial charge >= 0.3 is 31.8 Å². The van der Waals surface area contributed by atoms with Gasteiger partial charge in [0.15, 0.2) is 34.6 Å². The van der Waals surface area contributed by atoms with E-state index in [1.807, 2.05) is 0 Å². The van der Waals surface area contributed by atoms with E-state index in [4.69, 9.17) is 47.4 Å². The average molecular weight is 2070 g/mol. The summed E-state index contributed by atoms with van der Waals surface area (Å²) in [6, 6.07) is 42.7. The van der Waals surface area contributed by atoms with Crippen LogP contribution in [0.5, 0.6) is 11.5 Å². The van der Waals surface area contributed by atoms with Gasteiger partial charge in [-0.25, -0.2) is 0 Å². The summed E-state index contributed by atoms with van der Waals surface area (Å²) >= 11 is 0. The summed E-state index contributed by atoms with van der Waals surface area (Å²) in [5.41, 5.74) is -2.96. The minimum atomic E-state index is -5.23. The molecule has 16 rings (SSSR count). The molecule has 4 aromatic heterocycles. The number of aryl methyl sites for hydroxylation is 2. The maximum atomic E-state index is 15.0. The molecule has 2 aliphatic rings. The van der Waals surface area contributed by atoms with Crippen molar-refractivity contribution < 1.29 is 141 Å². The number of nitrogens with one attached hydrogen (secondary N) is 7. The van der Waals surface area contributed by atoms with E-state index in [-0.39, 0.29) is 167 Å². The number of pyridine rings is 2. The van der Waals surface area contributed by atoms with Gasteiger partial charge in [-0.15, -0.1) is 37.9 Å². The summed E-state index contributed by atoms with van der Waals surface area (Å²) in [4.78, 5) is 135. The third-order valence-electron chi connectivity index (χ3n) is 20.4. The van der Waals surface area contributed by atoms with Crippen molar-refractivity contribution in [1.29, 1.82) is 0 Å². The number of aromatic nitrogens is 8. The van der Waals surface area contributed by atoms with Crippen LogP contribution >= 0.6 is 0 Å². The molecule has 718 valence electrons. The first-order chi connectivity index (χ1) is 66.0. The van der Waals surface area contributed by atoms with Crippen molar-refractivity contribution in [2.45, 2.75) is 30.9 Å². The molecular formula is C83H59N15O34S8. The van der Waals surface area contributed by atoms with Gasteiger partial charge in [-0.3, -0.25) is 61.1 Å². The van der Waals surface area contributed by atoms with Gasteiger partial charge < -0.3 is 55.8 Å². The fourth-order valence-corrected chi connectivity index (χ4v) is 17.7. The molecule has 0 bridgehead atoms. The molecule has 57 heteroatoms. The van der Waals surface area contributed by atoms with Gasteiger partial charge in [-0.1, -0.05) is 91.0 Å². The number of hydrogen-bond acceptors (Lipinski definition) is 42. The quantitative estimate of drug-likeness (QED) is 0.00956. The highest BCUT2D eigenvalue weighted by Gasteiger charge is 2.38. The topological polar surface area (TPSA) is 752 Å². The molecule has 0 amide bonds. The first kappa shape index (κ1) is 101. The van der Waals surface area contributed by atoms with Crippen molar-refractivity contribution in [1.82, 2.24) is 39.0 Å². The van der Waals surface area contributed by atoms with Gasteiger partial charge in [0.05, 0.1) is 81.3 Å². The number of anilines is 12. The maximum Gasteiger partial charge on any atom is 0.425 e. The van der Waals surface area contributed by atoms with Crippen LogP contribution in [-0.2, 0) is 113 Å². The van der Waals surface area contributed by atoms with Crippen molar-refractivity contribution in [3.05, 3.63) is 277 Å². The standard InChI is InChI=1S/C83H59N15O25S5.3O3S/c1-97-58-26-24-54(67-69(58)65(49-15-6-8-17-51(49)75(67)103)71(77(97)105)73(101)41-11-4-3-5-12-41)86-44-19-29-62(127(116,117)118)43(33-44)35-64-91-79(93-82(92-64)90-56-37-47(125(110,111)112)22-28-60(56)122-39-99)84-31-32-85-80-94-81(96-83(95-80)89-53-23-21-48(126(113,114)115)38-61(53)123-40-100)87-45-20-30-63(128(119,120)121)57(36-45)88-55-25-27-59-70-66(50-16-7-9-18-52(50)76(104)68(55)70)72(78(106)98(59)2)74(102)42-13-10-14-46(34-42)124(107,108)109;3*1-4(2)3/h3-30,33-34,36-40,86,88H,31-32,35H2,1-2H3,(H,107,108,109)(H,110,111,112)(H,113,114,115)(H,116,117,118)(H,119,120,121)(H2,84,90,91,92,93)(H3,85,87,89,94,95,96);;;. The number of benzene rings is 10. The Balaban J connectivity index is 0.00000130. The molecule has 49 nitrogen and oxygen atoms in total. The minimum Gasteiger partial charge on any atom is -0.427 e. The fraction of sp³-hybridized carbons (Fsp3) is 0.0602. The number of ether oxygens (including phenoxy) is 2. The Morgan fingerprint density at radius 1 is 0.364 bits per heavy atom. The lowest BCUT2D eigenvalue weighted by molar-refractivity contribution is -0.121. The Bertz CT molecular complexity index is 8730. The fourth-order valence-electron chi connectivity index (χ4n) is 14.9. The highest BCUT2D eigenvalue weighted by atomic mass is 32.2. The number of carbonyl (C=O) groups is 6. The predicted octanol–water partition coefficient (Wildman–Crippen LogP) is 6.77. The van der Waals surface area contributed by atoms with Crippen LogP contribution in [0, 0.1) is 0 Å². The highest BCUT2D eigenvalue weighted by Crippen LogP contribution is 2.48. The Morgan fingerprint density at radius 3 is 1.29 bits per heavy atom. The number of hydrogen-bond donors (Lipinski definition) is 12. The number of ketones is 4. The molecule has 140 heavy (non-hydrogen) atoms. The van der Waals surface area contributed by atoms with E-state index < -0.39 is 182 Å². The van der Waals surface area contributed by atoms with Gasteiger partial charge in [-0.2, -0.15) is 72.0 Å². The zero-order valence-electron chi connectivity index (χ0n) is 70.2. The minimum absolute atomic E-state index is 0.00578. The first-order valence-corrected chi connectivity index (χ1v) is 48.9. The van der Waals surface area contributed by atoms with Crippen molar-refractivity contribution in [3.8, 4) is 33.8 Å². The molecule has 14 aromatic rings. The Hall–Kier alpha value is -16.7. The summed E-state index contributed by atoms with van der Waals surface area (Å²) in [5, 5.41) is 20.6. The van der Waals surface area contributed by atoms with Crippen molar-refractivity contribution in [2.75, 3.05) is 50.3 Å². The molecule has 0 saturated heterocycles. The van der Waals surface area contributed by atoms with Crippen LogP contribution in [-0.4, -0.2) is 191 Å². The smallest absolute Gasteiger partial charge is 0.425 e. The van der Waals surface area contributed by atoms with Crippen LogP contribution in [0.2, 0.25) is 0 Å². The van der Waals surface area contributed by atoms with E-state index in [1.165, 1.54) is 91.5 Å². The van der Waals surface area contributed by atoms with Crippen LogP contribution < -0.4 is 57.8 Å². The largest absolute Gasteiger partial charge is 0.427 e. The monoisotopic (exact) mass is 2070 g/mol. The number of nitrogens with zero attached hydrogens (tertiary/aromatic N) is 8. The molecule has 2 aliphatic carbocycles. The first-order valence-electron chi connectivity index (χ1n) is 38.7. The van der Waals surface area contributed by atoms with E-state index in [0.717, 1.165) is 77.4 Å². The molecule has 0 aliphatic heterocycles. The molecule has 0 unspecified atom stereocenters. The second-order valence-electron chi connectivity index (χ2n) is 28.9. The van der Waals surface area contributed by atoms with E-state index >= 15 is 4.79 Å². The lowest BCUT2D eigenvalue weighted by atomic mass is 9.80. The van der Waals surface area contributed by atoms with Crippen LogP contribution in [0.4, 0.5) is 69.6 Å². The van der Waals surface area contributed by atoms with Crippen molar-refractivity contribution in [2.24, 2.45) is 14.1 Å². The molecule has 0 radical (unpaired) electrons. The number of rotatable bonds is 30. The van der Waals surface area contributed by atoms with Crippen LogP contribution in [0.3, 0.4) is 0 Å². The molecule has 0 spiro atoms. The molecule has 12 N–H and O–H groups in total. The summed E-state index contributed by atoms with van der Waals surface area (Å²) in [6.07, 6.45) is -0.632. The van der Waals surface area contributed by atoms with Gasteiger partial charge in [-0.05, 0) is 120 Å². The zero-order valence-corrected chi connectivity index (χ0v) is 76.8. The summed E-state index contributed by atoms with van der Waals surface area (Å²) in [5.74, 6) is -6.10. The third kappa shape index (κ3) is 22.3. The van der Waals surface area contributed by atoms with Gasteiger partial charge in [0.25, 0.3) is 74.7 Å². The van der Waals surface area contributed by atoms with Crippen molar-refractivity contribution >= 4 is 210 Å². The van der Waals surface area contributed by atoms with Crippen LogP contribution in [0.15, 0.2) is 234 Å². The summed E-state index contributed by atoms with van der Waals surface area (Å²) in [6.45, 7) is -0.637. The van der Waals surface area contributed by atoms with E-state index in [2.05, 4.69) is 67.1 Å². The predicted molar refractivity (Wildman–Crippen MR) is 489 cm³/mol. The maximum absolute atomic E-state index is 15.0. The Kier molecular flexibility index (Phi) is 29.3. The van der Waals surface area contributed by atoms with Gasteiger partial charge in [0, 0.05) is 95.2 Å². The normalized spacial score (nSPS) is 11.8. The molecule has 0 atom stereocenters. The average Bonchev–Trinajstić information content (AvgIpc) is 0.707. The summed E-state index contributed by atoms with van der Waals surface area (Å²) < 4.78 is 268. The van der Waals surface area contributed by atoms with Gasteiger partial charge in [0.2, 0.25) is 29.7 Å². The third-order valence-corrected chi connectivity index (χ3v) is 24.9. The molecule has 0 saturated carbocycles. The highest BCUT2D eigenvalue weighted by molar-refractivity contribution is 7.87. The molecule has 4 heterocycles. The van der Waals surface area contributed by atoms with Crippen LogP contribution in [0.1, 0.15) is 75.1 Å². The van der Waals surface area contributed by atoms with Crippen LogP contribution in [0.25, 0.3) is 44.1 Å². The van der Waals surface area contributed by atoms with Crippen molar-refractivity contribution in [3.63, 3.8) is 0 Å². The van der Waals surface area contributed by atoms with Gasteiger partial charge in [0.1, 0.15) is 10.7 Å². The second kappa shape index (κ2) is 40.7. The molecule has 0 fully saturated rings. The van der Waals surface area contributed by atoms with E-state index in [1.54, 1.807) is 54.6 Å². The zero-order chi connectivity index (χ0) is 102. The second-order valence-corrected chi connectivity index (χ2v) is 37.2. The Labute approximate surface area is 790 Å². The lowest BCUT2D eigenvalue weighted by Gasteiger charge is -2.26. The number of fused-ring (bicyclic) bond motifs is 4. The Morgan fingerprint density at radius 2 is 0.771 bits per heavy atom. The SMILES string of the molecule is Cn1c(=O)c(C(=O)c2ccccc2)c2c3c(c(Nc4ccc(S(=O)(=O)O)c(Cc5nc(NCCNc6nc(Nc7ccc(S(=O)(=O)O)c(Nc8ccc9c%10c8C(=O)c8ccccc8-c%10c(C(=O)c8cccc(S(=O)(=O)O)c8)c(=O)n9C)c7)nc(Nc7ccc(S(=O)(=O)O)cc7OC=O)n6)nc(Nc6cc(S(=O)(=O)O)ccc6OC=O)n5)c4)ccc31)C(=O)c1ccccc1-2.O=S(=O)=O.O=S(=O)=O.O=S(=O)=O.